The van der Waals surface area contributed by atoms with E-state index in [2.05, 4.69) is 49.9 Å². The molecule has 1 aliphatic heterocycles. The molecule has 2 nitrogen and oxygen atoms in total. The van der Waals surface area contributed by atoms with E-state index in [0.717, 1.165) is 24.0 Å². The summed E-state index contributed by atoms with van der Waals surface area (Å²) in [5, 5.41) is 0. The van der Waals surface area contributed by atoms with Gasteiger partial charge in [0.2, 0.25) is 0 Å². The van der Waals surface area contributed by atoms with Gasteiger partial charge in [0, 0.05) is 12.1 Å². The van der Waals surface area contributed by atoms with Crippen LogP contribution in [0, 0.1) is 0 Å². The van der Waals surface area contributed by atoms with E-state index in [1.165, 1.54) is 24.0 Å². The first-order valence-electron chi connectivity index (χ1n) is 7.67. The largest absolute Gasteiger partial charge is 0.616 e. The summed E-state index contributed by atoms with van der Waals surface area (Å²) in [6.07, 6.45) is 2.64. The monoisotopic (exact) mass is 291 g/mol. The molecule has 110 valence electrons. The smallest absolute Gasteiger partial charge is 0.125 e. The third-order valence-electron chi connectivity index (χ3n) is 4.51. The van der Waals surface area contributed by atoms with Gasteiger partial charge in [-0.25, -0.2) is 0 Å². The Morgan fingerprint density at radius 2 is 1.80 bits per heavy atom. The Morgan fingerprint density at radius 3 is 2.40 bits per heavy atom. The van der Waals surface area contributed by atoms with E-state index < -0.39 is 11.2 Å². The Labute approximate surface area is 125 Å². The van der Waals surface area contributed by atoms with Crippen LogP contribution in [0.3, 0.4) is 0 Å². The van der Waals surface area contributed by atoms with Gasteiger partial charge < -0.3 is 4.55 Å². The van der Waals surface area contributed by atoms with E-state index in [9.17, 15) is 4.55 Å². The highest BCUT2D eigenvalue weighted by atomic mass is 32.2. The van der Waals surface area contributed by atoms with Crippen LogP contribution < -0.4 is 0 Å². The third-order valence-corrected chi connectivity index (χ3v) is 5.84. The average molecular weight is 291 g/mol. The number of hydrogen-bond acceptors (Lipinski definition) is 2. The Balaban J connectivity index is 1.96. The van der Waals surface area contributed by atoms with Gasteiger partial charge in [-0.05, 0) is 50.7 Å². The van der Waals surface area contributed by atoms with E-state index in [1.807, 2.05) is 0 Å². The first kappa shape index (κ1) is 14.4. The molecule has 0 radical (unpaired) electrons. The minimum absolute atomic E-state index is 0.131. The summed E-state index contributed by atoms with van der Waals surface area (Å²) in [6.45, 7) is 7.76. The fraction of sp³-hybridized carbons (Fsp3) is 0.647. The lowest BCUT2D eigenvalue weighted by Crippen LogP contribution is -2.52. The van der Waals surface area contributed by atoms with Gasteiger partial charge in [-0.1, -0.05) is 35.4 Å². The summed E-state index contributed by atoms with van der Waals surface area (Å²) in [4.78, 5) is 2.55. The maximum atomic E-state index is 12.1. The zero-order valence-corrected chi connectivity index (χ0v) is 13.6. The minimum Gasteiger partial charge on any atom is -0.616 e. The second kappa shape index (κ2) is 5.36. The highest BCUT2D eigenvalue weighted by Crippen LogP contribution is 2.45. The van der Waals surface area contributed by atoms with Crippen LogP contribution >= 0.6 is 0 Å². The van der Waals surface area contributed by atoms with Crippen molar-refractivity contribution in [1.29, 1.82) is 0 Å². The van der Waals surface area contributed by atoms with Crippen LogP contribution in [0.5, 0.6) is 0 Å². The molecule has 0 N–H and O–H groups in total. The highest BCUT2D eigenvalue weighted by Gasteiger charge is 2.39. The van der Waals surface area contributed by atoms with Gasteiger partial charge >= 0.3 is 0 Å². The second-order valence-electron chi connectivity index (χ2n) is 7.09. The topological polar surface area (TPSA) is 26.3 Å². The predicted octanol–water partition coefficient (Wildman–Crippen LogP) is 3.47. The van der Waals surface area contributed by atoms with Gasteiger partial charge in [0.1, 0.15) is 11.5 Å². The maximum Gasteiger partial charge on any atom is 0.125 e. The number of nitrogens with zero attached hydrogens (tertiary/aromatic N) is 1. The van der Waals surface area contributed by atoms with Crippen molar-refractivity contribution in [3.05, 3.63) is 35.4 Å². The lowest BCUT2D eigenvalue weighted by molar-refractivity contribution is 0.0936. The van der Waals surface area contributed by atoms with Crippen LogP contribution in [-0.2, 0) is 11.2 Å². The summed E-state index contributed by atoms with van der Waals surface area (Å²) in [5.74, 6) is 2.36. The standard InChI is InChI=1S/C17H25NOS/c1-17(2,3)18-10-11-20(19)12-16(18)15-7-5-4-6-14(15)13-8-9-13/h4-7,13,16H,8-12H2,1-3H3. The molecule has 1 saturated heterocycles. The summed E-state index contributed by atoms with van der Waals surface area (Å²) in [5.41, 5.74) is 3.06. The van der Waals surface area contributed by atoms with Crippen molar-refractivity contribution in [2.75, 3.05) is 18.1 Å². The highest BCUT2D eigenvalue weighted by molar-refractivity contribution is 7.91. The Bertz CT molecular complexity index is 478. The van der Waals surface area contributed by atoms with Crippen molar-refractivity contribution >= 4 is 11.2 Å². The van der Waals surface area contributed by atoms with E-state index in [4.69, 9.17) is 0 Å². The predicted molar refractivity (Wildman–Crippen MR) is 85.5 cm³/mol. The molecule has 0 bridgehead atoms. The summed E-state index contributed by atoms with van der Waals surface area (Å²) in [7, 11) is 0. The first-order chi connectivity index (χ1) is 9.47. The van der Waals surface area contributed by atoms with Crippen molar-refractivity contribution in [3.63, 3.8) is 0 Å². The SMILES string of the molecule is CC(C)(C)N1CC[S+]([O-])CC1c1ccccc1C1CC1. The minimum atomic E-state index is -0.669. The van der Waals surface area contributed by atoms with Crippen molar-refractivity contribution in [2.45, 2.75) is 51.1 Å². The summed E-state index contributed by atoms with van der Waals surface area (Å²) in [6, 6.07) is 9.16. The molecule has 1 aromatic rings. The van der Waals surface area contributed by atoms with E-state index >= 15 is 0 Å². The lowest BCUT2D eigenvalue weighted by atomic mass is 9.93. The first-order valence-corrected chi connectivity index (χ1v) is 9.16. The van der Waals surface area contributed by atoms with Crippen LogP contribution in [0.4, 0.5) is 0 Å². The lowest BCUT2D eigenvalue weighted by Gasteiger charge is -2.45. The van der Waals surface area contributed by atoms with Gasteiger partial charge in [-0.15, -0.1) is 0 Å². The fourth-order valence-electron chi connectivity index (χ4n) is 3.35. The molecule has 1 aliphatic carbocycles. The van der Waals surface area contributed by atoms with Crippen molar-refractivity contribution in [1.82, 2.24) is 4.90 Å². The zero-order chi connectivity index (χ0) is 14.3. The van der Waals surface area contributed by atoms with E-state index in [0.29, 0.717) is 6.04 Å². The van der Waals surface area contributed by atoms with Crippen LogP contribution in [0.15, 0.2) is 24.3 Å². The van der Waals surface area contributed by atoms with E-state index in [1.54, 1.807) is 0 Å². The van der Waals surface area contributed by atoms with Gasteiger partial charge in [0.25, 0.3) is 0 Å². The number of hydrogen-bond donors (Lipinski definition) is 0. The molecular weight excluding hydrogens is 266 g/mol. The molecule has 2 unspecified atom stereocenters. The molecule has 3 rings (SSSR count). The molecule has 0 aromatic heterocycles. The van der Waals surface area contributed by atoms with Crippen LogP contribution in [-0.4, -0.2) is 33.0 Å². The normalized spacial score (nSPS) is 28.6. The zero-order valence-electron chi connectivity index (χ0n) is 12.8. The van der Waals surface area contributed by atoms with Gasteiger partial charge in [-0.2, -0.15) is 0 Å². The maximum absolute atomic E-state index is 12.1. The number of rotatable bonds is 2. The van der Waals surface area contributed by atoms with E-state index in [-0.39, 0.29) is 5.54 Å². The molecule has 20 heavy (non-hydrogen) atoms. The molecule has 0 spiro atoms. The molecule has 1 saturated carbocycles. The molecule has 2 aliphatic rings. The Kier molecular flexibility index (Phi) is 3.87. The van der Waals surface area contributed by atoms with Crippen molar-refractivity contribution in [3.8, 4) is 0 Å². The van der Waals surface area contributed by atoms with Gasteiger partial charge in [-0.3, -0.25) is 4.90 Å². The third kappa shape index (κ3) is 2.90. The molecule has 0 amide bonds. The van der Waals surface area contributed by atoms with Crippen LogP contribution in [0.2, 0.25) is 0 Å². The quantitative estimate of drug-likeness (QED) is 0.780. The van der Waals surface area contributed by atoms with Crippen molar-refractivity contribution < 1.29 is 4.55 Å². The average Bonchev–Trinajstić information content (AvgIpc) is 3.21. The molecule has 2 atom stereocenters. The number of benzene rings is 1. The van der Waals surface area contributed by atoms with Crippen molar-refractivity contribution in [2.24, 2.45) is 0 Å². The molecule has 1 heterocycles. The second-order valence-corrected chi connectivity index (χ2v) is 8.72. The van der Waals surface area contributed by atoms with Crippen LogP contribution in [0.25, 0.3) is 0 Å². The Hall–Kier alpha value is -0.510. The fourth-order valence-corrected chi connectivity index (χ4v) is 4.63. The molecule has 2 fully saturated rings. The van der Waals surface area contributed by atoms with Gasteiger partial charge in [0.05, 0.1) is 6.04 Å². The molecule has 3 heteroatoms. The van der Waals surface area contributed by atoms with Crippen LogP contribution in [0.1, 0.15) is 56.7 Å². The Morgan fingerprint density at radius 1 is 1.15 bits per heavy atom. The molecular formula is C17H25NOS. The van der Waals surface area contributed by atoms with Gasteiger partial charge in [0.15, 0.2) is 0 Å². The summed E-state index contributed by atoms with van der Waals surface area (Å²) < 4.78 is 12.1. The summed E-state index contributed by atoms with van der Waals surface area (Å²) >= 11 is -0.669. The molecule has 1 aromatic carbocycles.